The molecule has 0 radical (unpaired) electrons. The van der Waals surface area contributed by atoms with Crippen molar-refractivity contribution in [2.45, 2.75) is 6.18 Å². The minimum absolute atomic E-state index is 0.184. The van der Waals surface area contributed by atoms with Gasteiger partial charge >= 0.3 is 6.18 Å². The third-order valence-corrected chi connectivity index (χ3v) is 2.38. The maximum atomic E-state index is 12.9. The van der Waals surface area contributed by atoms with Crippen LogP contribution in [0.1, 0.15) is 5.69 Å². The molecule has 18 heavy (non-hydrogen) atoms. The largest absolute Gasteiger partial charge is 0.494 e. The third kappa shape index (κ3) is 1.99. The molecule has 0 unspecified atom stereocenters. The SMILES string of the molecule is COc1ccccc1-n1ncc(N)c1C(F)(F)F. The van der Waals surface area contributed by atoms with Crippen LogP contribution >= 0.6 is 0 Å². The van der Waals surface area contributed by atoms with Crippen molar-refractivity contribution in [2.75, 3.05) is 12.8 Å². The fraction of sp³-hybridized carbons (Fsp3) is 0.182. The second-order valence-corrected chi connectivity index (χ2v) is 3.53. The summed E-state index contributed by atoms with van der Waals surface area (Å²) in [5.41, 5.74) is 4.07. The summed E-state index contributed by atoms with van der Waals surface area (Å²) >= 11 is 0. The number of para-hydroxylation sites is 2. The van der Waals surface area contributed by atoms with Crippen molar-refractivity contribution < 1.29 is 17.9 Å². The predicted molar refractivity (Wildman–Crippen MR) is 59.5 cm³/mol. The first-order chi connectivity index (χ1) is 8.45. The molecule has 0 bridgehead atoms. The molecule has 0 aliphatic rings. The van der Waals surface area contributed by atoms with Crippen LogP contribution in [0.5, 0.6) is 5.75 Å². The van der Waals surface area contributed by atoms with Crippen LogP contribution in [0.15, 0.2) is 30.5 Å². The van der Waals surface area contributed by atoms with Gasteiger partial charge in [0.1, 0.15) is 11.4 Å². The number of nitrogens with two attached hydrogens (primary N) is 1. The summed E-state index contributed by atoms with van der Waals surface area (Å²) in [5.74, 6) is 0.283. The van der Waals surface area contributed by atoms with Gasteiger partial charge < -0.3 is 10.5 Å². The Hall–Kier alpha value is -2.18. The smallest absolute Gasteiger partial charge is 0.435 e. The minimum atomic E-state index is -4.58. The molecule has 0 aliphatic carbocycles. The molecule has 0 saturated carbocycles. The van der Waals surface area contributed by atoms with Gasteiger partial charge in [-0.1, -0.05) is 12.1 Å². The van der Waals surface area contributed by atoms with Crippen LogP contribution in [0, 0.1) is 0 Å². The van der Waals surface area contributed by atoms with Crippen molar-refractivity contribution in [1.29, 1.82) is 0 Å². The molecule has 0 atom stereocenters. The van der Waals surface area contributed by atoms with E-state index in [2.05, 4.69) is 5.10 Å². The van der Waals surface area contributed by atoms with E-state index < -0.39 is 17.6 Å². The zero-order valence-corrected chi connectivity index (χ0v) is 9.40. The van der Waals surface area contributed by atoms with Crippen molar-refractivity contribution in [3.05, 3.63) is 36.2 Å². The topological polar surface area (TPSA) is 53.1 Å². The lowest BCUT2D eigenvalue weighted by Gasteiger charge is -2.13. The van der Waals surface area contributed by atoms with Gasteiger partial charge in [0.05, 0.1) is 19.0 Å². The van der Waals surface area contributed by atoms with Crippen molar-refractivity contribution >= 4 is 5.69 Å². The molecule has 0 amide bonds. The Morgan fingerprint density at radius 2 is 1.94 bits per heavy atom. The Bertz CT molecular complexity index is 563. The van der Waals surface area contributed by atoms with E-state index in [1.807, 2.05) is 0 Å². The summed E-state index contributed by atoms with van der Waals surface area (Å²) in [6.07, 6.45) is -3.61. The summed E-state index contributed by atoms with van der Waals surface area (Å²) in [6.45, 7) is 0. The molecule has 4 nitrogen and oxygen atoms in total. The highest BCUT2D eigenvalue weighted by molar-refractivity contribution is 5.52. The van der Waals surface area contributed by atoms with Gasteiger partial charge in [0.25, 0.3) is 0 Å². The lowest BCUT2D eigenvalue weighted by atomic mass is 10.2. The number of nitrogens with zero attached hydrogens (tertiary/aromatic N) is 2. The van der Waals surface area contributed by atoms with Crippen LogP contribution in [-0.4, -0.2) is 16.9 Å². The van der Waals surface area contributed by atoms with Gasteiger partial charge in [0, 0.05) is 0 Å². The Morgan fingerprint density at radius 3 is 2.56 bits per heavy atom. The number of anilines is 1. The average molecular weight is 257 g/mol. The van der Waals surface area contributed by atoms with E-state index in [1.165, 1.54) is 13.2 Å². The zero-order chi connectivity index (χ0) is 13.3. The van der Waals surface area contributed by atoms with E-state index in [4.69, 9.17) is 10.5 Å². The van der Waals surface area contributed by atoms with Crippen LogP contribution in [0.4, 0.5) is 18.9 Å². The molecule has 7 heteroatoms. The fourth-order valence-electron chi connectivity index (χ4n) is 1.63. The predicted octanol–water partition coefficient (Wildman–Crippen LogP) is 2.48. The van der Waals surface area contributed by atoms with E-state index in [0.29, 0.717) is 0 Å². The summed E-state index contributed by atoms with van der Waals surface area (Å²) in [5, 5.41) is 3.65. The Balaban J connectivity index is 2.65. The van der Waals surface area contributed by atoms with Crippen molar-refractivity contribution in [3.8, 4) is 11.4 Å². The van der Waals surface area contributed by atoms with Gasteiger partial charge in [0.2, 0.25) is 0 Å². The molecular weight excluding hydrogens is 247 g/mol. The number of halogens is 3. The quantitative estimate of drug-likeness (QED) is 0.899. The minimum Gasteiger partial charge on any atom is -0.494 e. The molecular formula is C11H10F3N3O. The van der Waals surface area contributed by atoms with E-state index in [1.54, 1.807) is 18.2 Å². The number of benzene rings is 1. The van der Waals surface area contributed by atoms with Gasteiger partial charge in [-0.05, 0) is 12.1 Å². The number of methoxy groups -OCH3 is 1. The standard InChI is InChI=1S/C11H10F3N3O/c1-18-9-5-3-2-4-8(9)17-10(11(12,13)14)7(15)6-16-17/h2-6H,15H2,1H3. The Labute approximate surface area is 101 Å². The molecule has 2 aromatic rings. The lowest BCUT2D eigenvalue weighted by molar-refractivity contribution is -0.142. The summed E-state index contributed by atoms with van der Waals surface area (Å²) < 4.78 is 44.4. The van der Waals surface area contributed by atoms with Crippen LogP contribution in [0.25, 0.3) is 5.69 Å². The van der Waals surface area contributed by atoms with Crippen molar-refractivity contribution in [2.24, 2.45) is 0 Å². The average Bonchev–Trinajstić information content (AvgIpc) is 2.70. The molecule has 0 saturated heterocycles. The Kier molecular flexibility index (Phi) is 2.90. The first-order valence-corrected chi connectivity index (χ1v) is 4.99. The maximum Gasteiger partial charge on any atom is 0.435 e. The van der Waals surface area contributed by atoms with E-state index in [9.17, 15) is 13.2 Å². The normalized spacial score (nSPS) is 11.6. The fourth-order valence-corrected chi connectivity index (χ4v) is 1.63. The molecule has 1 aromatic heterocycles. The van der Waals surface area contributed by atoms with E-state index in [0.717, 1.165) is 10.9 Å². The third-order valence-electron chi connectivity index (χ3n) is 2.38. The van der Waals surface area contributed by atoms with Crippen molar-refractivity contribution in [1.82, 2.24) is 9.78 Å². The summed E-state index contributed by atoms with van der Waals surface area (Å²) in [7, 11) is 1.37. The number of hydrogen-bond donors (Lipinski definition) is 1. The highest BCUT2D eigenvalue weighted by Crippen LogP contribution is 2.36. The Morgan fingerprint density at radius 1 is 1.28 bits per heavy atom. The van der Waals surface area contributed by atoms with Crippen LogP contribution < -0.4 is 10.5 Å². The lowest BCUT2D eigenvalue weighted by Crippen LogP contribution is -2.15. The van der Waals surface area contributed by atoms with Gasteiger partial charge in [-0.15, -0.1) is 0 Å². The van der Waals surface area contributed by atoms with Crippen LogP contribution in [0.2, 0.25) is 0 Å². The highest BCUT2D eigenvalue weighted by Gasteiger charge is 2.38. The van der Waals surface area contributed by atoms with Crippen LogP contribution in [0.3, 0.4) is 0 Å². The monoisotopic (exact) mass is 257 g/mol. The second kappa shape index (κ2) is 4.25. The first kappa shape index (κ1) is 12.3. The van der Waals surface area contributed by atoms with Gasteiger partial charge in [-0.3, -0.25) is 0 Å². The molecule has 2 rings (SSSR count). The molecule has 96 valence electrons. The van der Waals surface area contributed by atoms with E-state index in [-0.39, 0.29) is 11.4 Å². The number of rotatable bonds is 2. The van der Waals surface area contributed by atoms with Gasteiger partial charge in [-0.25, -0.2) is 4.68 Å². The maximum absolute atomic E-state index is 12.9. The first-order valence-electron chi connectivity index (χ1n) is 4.99. The summed E-state index contributed by atoms with van der Waals surface area (Å²) in [6, 6.07) is 6.27. The zero-order valence-electron chi connectivity index (χ0n) is 9.40. The molecule has 2 N–H and O–H groups in total. The number of alkyl halides is 3. The molecule has 1 heterocycles. The van der Waals surface area contributed by atoms with E-state index >= 15 is 0 Å². The molecule has 0 spiro atoms. The van der Waals surface area contributed by atoms with Gasteiger partial charge in [0.15, 0.2) is 5.69 Å². The number of hydrogen-bond acceptors (Lipinski definition) is 3. The number of nitrogen functional groups attached to an aromatic ring is 1. The van der Waals surface area contributed by atoms with Crippen LogP contribution in [-0.2, 0) is 6.18 Å². The number of ether oxygens (including phenoxy) is 1. The molecule has 0 fully saturated rings. The van der Waals surface area contributed by atoms with Gasteiger partial charge in [-0.2, -0.15) is 18.3 Å². The van der Waals surface area contributed by atoms with Crippen molar-refractivity contribution in [3.63, 3.8) is 0 Å². The molecule has 0 aliphatic heterocycles. The molecule has 1 aromatic carbocycles. The number of aromatic nitrogens is 2. The highest BCUT2D eigenvalue weighted by atomic mass is 19.4. The summed E-state index contributed by atoms with van der Waals surface area (Å²) in [4.78, 5) is 0. The second-order valence-electron chi connectivity index (χ2n) is 3.53.